The van der Waals surface area contributed by atoms with Crippen molar-refractivity contribution in [3.05, 3.63) is 24.3 Å². The number of allylic oxidation sites excluding steroid dienone is 4. The third kappa shape index (κ3) is 1.48. The first kappa shape index (κ1) is 11.3. The van der Waals surface area contributed by atoms with E-state index in [0.29, 0.717) is 18.6 Å². The first-order valence-electron chi connectivity index (χ1n) is 5.81. The van der Waals surface area contributed by atoms with Gasteiger partial charge in [-0.15, -0.1) is 0 Å². The number of carbonyl (C=O) groups excluding carboxylic acids is 2. The summed E-state index contributed by atoms with van der Waals surface area (Å²) in [6, 6.07) is 0. The van der Waals surface area contributed by atoms with E-state index in [1.165, 1.54) is 0 Å². The van der Waals surface area contributed by atoms with Crippen LogP contribution in [0.5, 0.6) is 0 Å². The van der Waals surface area contributed by atoms with Gasteiger partial charge in [0.15, 0.2) is 5.78 Å². The van der Waals surface area contributed by atoms with Gasteiger partial charge in [0.1, 0.15) is 5.78 Å². The van der Waals surface area contributed by atoms with Gasteiger partial charge in [-0.1, -0.05) is 32.9 Å². The van der Waals surface area contributed by atoms with Gasteiger partial charge in [-0.3, -0.25) is 9.59 Å². The van der Waals surface area contributed by atoms with Crippen LogP contribution in [0.1, 0.15) is 33.6 Å². The average molecular weight is 218 g/mol. The molecule has 1 saturated carbocycles. The first-order valence-corrected chi connectivity index (χ1v) is 5.81. The van der Waals surface area contributed by atoms with E-state index in [4.69, 9.17) is 0 Å². The third-order valence-corrected chi connectivity index (χ3v) is 4.21. The summed E-state index contributed by atoms with van der Waals surface area (Å²) in [7, 11) is 0. The Hall–Kier alpha value is -1.18. The normalized spacial score (nSPS) is 31.1. The number of ketones is 2. The zero-order valence-corrected chi connectivity index (χ0v) is 10.1. The Bertz CT molecular complexity index is 383. The SMILES string of the molecule is C[C@H]1CC(=O)CC(C)(C)C12C=CC(=O)C=C2. The lowest BCUT2D eigenvalue weighted by Gasteiger charge is -2.51. The summed E-state index contributed by atoms with van der Waals surface area (Å²) in [5.41, 5.74) is -0.232. The molecule has 2 rings (SSSR count). The van der Waals surface area contributed by atoms with Gasteiger partial charge in [0.25, 0.3) is 0 Å². The first-order chi connectivity index (χ1) is 7.37. The highest BCUT2D eigenvalue weighted by molar-refractivity contribution is 6.00. The molecule has 0 heterocycles. The average Bonchev–Trinajstić information content (AvgIpc) is 2.15. The van der Waals surface area contributed by atoms with Crippen molar-refractivity contribution in [3.63, 3.8) is 0 Å². The molecule has 0 saturated heterocycles. The summed E-state index contributed by atoms with van der Waals surface area (Å²) < 4.78 is 0. The molecule has 0 aromatic heterocycles. The van der Waals surface area contributed by atoms with Crippen molar-refractivity contribution in [2.45, 2.75) is 33.6 Å². The van der Waals surface area contributed by atoms with Crippen LogP contribution in [0.4, 0.5) is 0 Å². The standard InChI is InChI=1S/C14H18O2/c1-10-8-12(16)9-13(2,3)14(10)6-4-11(15)5-7-14/h4-7,10H,8-9H2,1-3H3/t10-/m0/s1. The Kier molecular flexibility index (Phi) is 2.41. The van der Waals surface area contributed by atoms with Crippen LogP contribution in [-0.4, -0.2) is 11.6 Å². The van der Waals surface area contributed by atoms with Gasteiger partial charge in [-0.25, -0.2) is 0 Å². The Labute approximate surface area is 96.4 Å². The summed E-state index contributed by atoms with van der Waals surface area (Å²) in [6.45, 7) is 6.33. The zero-order chi connectivity index (χ0) is 12.0. The summed E-state index contributed by atoms with van der Waals surface area (Å²) in [5, 5.41) is 0. The van der Waals surface area contributed by atoms with Crippen LogP contribution in [0, 0.1) is 16.7 Å². The molecule has 86 valence electrons. The third-order valence-electron chi connectivity index (χ3n) is 4.21. The molecule has 2 aliphatic rings. The highest BCUT2D eigenvalue weighted by atomic mass is 16.1. The maximum absolute atomic E-state index is 11.7. The van der Waals surface area contributed by atoms with Crippen molar-refractivity contribution in [2.75, 3.05) is 0 Å². The molecule has 0 radical (unpaired) electrons. The number of hydrogen-bond donors (Lipinski definition) is 0. The minimum Gasteiger partial charge on any atom is -0.300 e. The van der Waals surface area contributed by atoms with Gasteiger partial charge in [0, 0.05) is 18.3 Å². The van der Waals surface area contributed by atoms with Gasteiger partial charge in [-0.05, 0) is 23.5 Å². The lowest BCUT2D eigenvalue weighted by molar-refractivity contribution is -0.128. The maximum atomic E-state index is 11.7. The van der Waals surface area contributed by atoms with Gasteiger partial charge < -0.3 is 0 Å². The summed E-state index contributed by atoms with van der Waals surface area (Å²) >= 11 is 0. The van der Waals surface area contributed by atoms with E-state index in [-0.39, 0.29) is 22.5 Å². The summed E-state index contributed by atoms with van der Waals surface area (Å²) in [5.74, 6) is 0.650. The predicted octanol–water partition coefficient (Wildman–Crippen LogP) is 2.69. The number of rotatable bonds is 0. The topological polar surface area (TPSA) is 34.1 Å². The van der Waals surface area contributed by atoms with E-state index in [1.807, 2.05) is 12.2 Å². The van der Waals surface area contributed by atoms with Crippen molar-refractivity contribution in [2.24, 2.45) is 16.7 Å². The van der Waals surface area contributed by atoms with Gasteiger partial charge >= 0.3 is 0 Å². The van der Waals surface area contributed by atoms with Crippen molar-refractivity contribution < 1.29 is 9.59 Å². The Balaban J connectivity index is 2.45. The lowest BCUT2D eigenvalue weighted by Crippen LogP contribution is -2.47. The fourth-order valence-electron chi connectivity index (χ4n) is 3.23. The second-order valence-electron chi connectivity index (χ2n) is 5.71. The monoisotopic (exact) mass is 218 g/mol. The van der Waals surface area contributed by atoms with Crippen molar-refractivity contribution in [3.8, 4) is 0 Å². The Morgan fingerprint density at radius 3 is 2.25 bits per heavy atom. The molecule has 2 heteroatoms. The van der Waals surface area contributed by atoms with Crippen LogP contribution in [0.3, 0.4) is 0 Å². The molecule has 0 aromatic carbocycles. The molecule has 0 unspecified atom stereocenters. The molecular weight excluding hydrogens is 200 g/mol. The van der Waals surface area contributed by atoms with Crippen LogP contribution >= 0.6 is 0 Å². The van der Waals surface area contributed by atoms with Crippen LogP contribution < -0.4 is 0 Å². The van der Waals surface area contributed by atoms with E-state index >= 15 is 0 Å². The van der Waals surface area contributed by atoms with Crippen LogP contribution in [0.25, 0.3) is 0 Å². The molecule has 1 fully saturated rings. The van der Waals surface area contributed by atoms with Crippen LogP contribution in [-0.2, 0) is 9.59 Å². The molecule has 0 N–H and O–H groups in total. The largest absolute Gasteiger partial charge is 0.300 e. The quantitative estimate of drug-likeness (QED) is 0.626. The van der Waals surface area contributed by atoms with Crippen molar-refractivity contribution >= 4 is 11.6 Å². The Morgan fingerprint density at radius 2 is 1.75 bits per heavy atom. The van der Waals surface area contributed by atoms with E-state index < -0.39 is 0 Å². The predicted molar refractivity (Wildman–Crippen MR) is 62.9 cm³/mol. The molecule has 0 aromatic rings. The molecule has 2 nitrogen and oxygen atoms in total. The van der Waals surface area contributed by atoms with Gasteiger partial charge in [-0.2, -0.15) is 0 Å². The molecule has 1 spiro atoms. The summed E-state index contributed by atoms with van der Waals surface area (Å²) in [4.78, 5) is 22.9. The smallest absolute Gasteiger partial charge is 0.178 e. The minimum absolute atomic E-state index is 0.0468. The maximum Gasteiger partial charge on any atom is 0.178 e. The van der Waals surface area contributed by atoms with Gasteiger partial charge in [0.05, 0.1) is 0 Å². The van der Waals surface area contributed by atoms with Crippen LogP contribution in [0.2, 0.25) is 0 Å². The second kappa shape index (κ2) is 3.41. The molecule has 0 aliphatic heterocycles. The van der Waals surface area contributed by atoms with E-state index in [9.17, 15) is 9.59 Å². The van der Waals surface area contributed by atoms with Gasteiger partial charge in [0.2, 0.25) is 0 Å². The fourth-order valence-corrected chi connectivity index (χ4v) is 3.23. The van der Waals surface area contributed by atoms with Crippen molar-refractivity contribution in [1.29, 1.82) is 0 Å². The fraction of sp³-hybridized carbons (Fsp3) is 0.571. The van der Waals surface area contributed by atoms with E-state index in [1.54, 1.807) is 12.2 Å². The number of hydrogen-bond acceptors (Lipinski definition) is 2. The van der Waals surface area contributed by atoms with Crippen LogP contribution in [0.15, 0.2) is 24.3 Å². The number of carbonyl (C=O) groups is 2. The highest BCUT2D eigenvalue weighted by Gasteiger charge is 2.50. The van der Waals surface area contributed by atoms with E-state index in [0.717, 1.165) is 0 Å². The molecule has 0 bridgehead atoms. The molecular formula is C14H18O2. The van der Waals surface area contributed by atoms with Crippen molar-refractivity contribution in [1.82, 2.24) is 0 Å². The zero-order valence-electron chi connectivity index (χ0n) is 10.1. The molecule has 1 atom stereocenters. The molecule has 16 heavy (non-hydrogen) atoms. The molecule has 0 amide bonds. The second-order valence-corrected chi connectivity index (χ2v) is 5.71. The number of Topliss-reactive ketones (excluding diaryl/α,β-unsaturated/α-hetero) is 1. The highest BCUT2D eigenvalue weighted by Crippen LogP contribution is 2.55. The van der Waals surface area contributed by atoms with E-state index in [2.05, 4.69) is 20.8 Å². The minimum atomic E-state index is -0.130. The molecule has 2 aliphatic carbocycles. The Morgan fingerprint density at radius 1 is 1.19 bits per heavy atom. The summed E-state index contributed by atoms with van der Waals surface area (Å²) in [6.07, 6.45) is 8.52. The lowest BCUT2D eigenvalue weighted by atomic mass is 9.52.